The van der Waals surface area contributed by atoms with Crippen molar-refractivity contribution in [2.75, 3.05) is 19.1 Å². The average Bonchev–Trinajstić information content (AvgIpc) is 2.97. The van der Waals surface area contributed by atoms with Gasteiger partial charge in [0.05, 0.1) is 13.3 Å². The Morgan fingerprint density at radius 3 is 2.95 bits per heavy atom. The molecule has 1 atom stereocenters. The molecule has 0 spiro atoms. The molecule has 1 heterocycles. The number of carboxylic acid groups (broad SMARTS) is 1. The Balaban J connectivity index is 2.28. The Kier molecular flexibility index (Phi) is 5.37. The van der Waals surface area contributed by atoms with Crippen LogP contribution < -0.4 is 4.74 Å². The SMILES string of the molecule is COc1cc(-c2cn(C(CCSC)C(=O)O)nn2)ccc1F. The Morgan fingerprint density at radius 2 is 2.32 bits per heavy atom. The van der Waals surface area contributed by atoms with Crippen LogP contribution in [0.3, 0.4) is 0 Å². The summed E-state index contributed by atoms with van der Waals surface area (Å²) in [5.74, 6) is -0.621. The van der Waals surface area contributed by atoms with Gasteiger partial charge in [0.15, 0.2) is 17.6 Å². The highest BCUT2D eigenvalue weighted by Gasteiger charge is 2.21. The van der Waals surface area contributed by atoms with Gasteiger partial charge in [0.25, 0.3) is 0 Å². The number of ether oxygens (including phenoxy) is 1. The minimum absolute atomic E-state index is 0.101. The predicted molar refractivity (Wildman–Crippen MR) is 81.6 cm³/mol. The lowest BCUT2D eigenvalue weighted by molar-refractivity contribution is -0.141. The first-order valence-electron chi connectivity index (χ1n) is 6.54. The molecule has 22 heavy (non-hydrogen) atoms. The number of halogens is 1. The summed E-state index contributed by atoms with van der Waals surface area (Å²) < 4.78 is 19.7. The van der Waals surface area contributed by atoms with Gasteiger partial charge in [0.2, 0.25) is 0 Å². The van der Waals surface area contributed by atoms with Gasteiger partial charge >= 0.3 is 5.97 Å². The van der Waals surface area contributed by atoms with Crippen molar-refractivity contribution in [3.63, 3.8) is 0 Å². The molecule has 1 N–H and O–H groups in total. The van der Waals surface area contributed by atoms with Gasteiger partial charge in [0.1, 0.15) is 5.69 Å². The van der Waals surface area contributed by atoms with Gasteiger partial charge in [-0.15, -0.1) is 5.10 Å². The summed E-state index contributed by atoms with van der Waals surface area (Å²) in [6, 6.07) is 3.55. The van der Waals surface area contributed by atoms with E-state index in [4.69, 9.17) is 4.74 Å². The molecule has 2 aromatic rings. The smallest absolute Gasteiger partial charge is 0.328 e. The quantitative estimate of drug-likeness (QED) is 0.842. The maximum Gasteiger partial charge on any atom is 0.328 e. The van der Waals surface area contributed by atoms with Gasteiger partial charge in [-0.2, -0.15) is 11.8 Å². The maximum atomic E-state index is 13.4. The van der Waals surface area contributed by atoms with E-state index in [1.54, 1.807) is 24.0 Å². The fraction of sp³-hybridized carbons (Fsp3) is 0.357. The molecule has 0 saturated heterocycles. The molecule has 0 amide bonds. The zero-order valence-electron chi connectivity index (χ0n) is 12.2. The maximum absolute atomic E-state index is 13.4. The van der Waals surface area contributed by atoms with Crippen LogP contribution in [-0.2, 0) is 4.79 Å². The van der Waals surface area contributed by atoms with E-state index in [9.17, 15) is 14.3 Å². The van der Waals surface area contributed by atoms with Crippen LogP contribution in [0, 0.1) is 5.82 Å². The van der Waals surface area contributed by atoms with Gasteiger partial charge in [-0.25, -0.2) is 13.9 Å². The molecule has 0 bridgehead atoms. The number of methoxy groups -OCH3 is 1. The number of aromatic nitrogens is 3. The third kappa shape index (κ3) is 3.56. The van der Waals surface area contributed by atoms with E-state index >= 15 is 0 Å². The van der Waals surface area contributed by atoms with Crippen molar-refractivity contribution in [2.45, 2.75) is 12.5 Å². The molecule has 0 aliphatic rings. The number of aliphatic carboxylic acids is 1. The standard InChI is InChI=1S/C14H16FN3O3S/c1-21-13-7-9(3-4-10(13)15)11-8-18(17-16-11)12(14(19)20)5-6-22-2/h3-4,7-8,12H,5-6H2,1-2H3,(H,19,20). The second-order valence-corrected chi connectivity index (χ2v) is 5.55. The van der Waals surface area contributed by atoms with Crippen LogP contribution in [0.5, 0.6) is 5.75 Å². The van der Waals surface area contributed by atoms with Gasteiger partial charge < -0.3 is 9.84 Å². The molecule has 1 unspecified atom stereocenters. The summed E-state index contributed by atoms with van der Waals surface area (Å²) in [4.78, 5) is 11.3. The third-order valence-corrected chi connectivity index (χ3v) is 3.80. The first-order valence-corrected chi connectivity index (χ1v) is 7.93. The molecule has 0 aliphatic carbocycles. The highest BCUT2D eigenvalue weighted by molar-refractivity contribution is 7.98. The first-order chi connectivity index (χ1) is 10.6. The summed E-state index contributed by atoms with van der Waals surface area (Å²) in [6.07, 6.45) is 3.91. The highest BCUT2D eigenvalue weighted by atomic mass is 32.2. The molecule has 1 aromatic heterocycles. The Hall–Kier alpha value is -2.09. The minimum Gasteiger partial charge on any atom is -0.494 e. The summed E-state index contributed by atoms with van der Waals surface area (Å²) in [5, 5.41) is 17.1. The monoisotopic (exact) mass is 325 g/mol. The number of carbonyl (C=O) groups is 1. The predicted octanol–water partition coefficient (Wildman–Crippen LogP) is 2.47. The van der Waals surface area contributed by atoms with E-state index in [1.165, 1.54) is 23.9 Å². The van der Waals surface area contributed by atoms with Crippen molar-refractivity contribution in [1.29, 1.82) is 0 Å². The van der Waals surface area contributed by atoms with Crippen LogP contribution >= 0.6 is 11.8 Å². The third-order valence-electron chi connectivity index (χ3n) is 3.16. The van der Waals surface area contributed by atoms with Crippen molar-refractivity contribution in [3.8, 4) is 17.0 Å². The average molecular weight is 325 g/mol. The van der Waals surface area contributed by atoms with Crippen molar-refractivity contribution in [1.82, 2.24) is 15.0 Å². The van der Waals surface area contributed by atoms with E-state index in [-0.39, 0.29) is 5.75 Å². The van der Waals surface area contributed by atoms with Crippen LogP contribution in [0.4, 0.5) is 4.39 Å². The molecule has 0 aliphatic heterocycles. The van der Waals surface area contributed by atoms with Crippen LogP contribution in [0.2, 0.25) is 0 Å². The molecule has 0 fully saturated rings. The Labute approximate surface area is 131 Å². The van der Waals surface area contributed by atoms with Gasteiger partial charge in [-0.3, -0.25) is 0 Å². The molecule has 118 valence electrons. The second-order valence-electron chi connectivity index (χ2n) is 4.57. The van der Waals surface area contributed by atoms with Gasteiger partial charge in [0, 0.05) is 5.56 Å². The summed E-state index contributed by atoms with van der Waals surface area (Å²) in [6.45, 7) is 0. The molecular formula is C14H16FN3O3S. The van der Waals surface area contributed by atoms with Crippen LogP contribution in [0.1, 0.15) is 12.5 Å². The van der Waals surface area contributed by atoms with Gasteiger partial charge in [-0.1, -0.05) is 5.21 Å². The van der Waals surface area contributed by atoms with Crippen molar-refractivity contribution in [3.05, 3.63) is 30.2 Å². The Morgan fingerprint density at radius 1 is 1.55 bits per heavy atom. The van der Waals surface area contributed by atoms with Crippen molar-refractivity contribution < 1.29 is 19.0 Å². The normalized spacial score (nSPS) is 12.1. The largest absolute Gasteiger partial charge is 0.494 e. The van der Waals surface area contributed by atoms with E-state index in [0.717, 1.165) is 0 Å². The number of carboxylic acids is 1. The number of thioether (sulfide) groups is 1. The fourth-order valence-electron chi connectivity index (χ4n) is 1.98. The van der Waals surface area contributed by atoms with Gasteiger partial charge in [-0.05, 0) is 36.6 Å². The molecule has 8 heteroatoms. The lowest BCUT2D eigenvalue weighted by atomic mass is 10.1. The zero-order chi connectivity index (χ0) is 16.1. The van der Waals surface area contributed by atoms with E-state index in [2.05, 4.69) is 10.3 Å². The molecule has 2 rings (SSSR count). The number of benzene rings is 1. The first kappa shape index (κ1) is 16.3. The van der Waals surface area contributed by atoms with Crippen molar-refractivity contribution >= 4 is 17.7 Å². The Bertz CT molecular complexity index is 663. The molecule has 0 radical (unpaired) electrons. The molecule has 1 aromatic carbocycles. The zero-order valence-corrected chi connectivity index (χ0v) is 13.0. The summed E-state index contributed by atoms with van der Waals surface area (Å²) in [5.41, 5.74) is 1.08. The lowest BCUT2D eigenvalue weighted by Crippen LogP contribution is -2.20. The number of nitrogens with zero attached hydrogens (tertiary/aromatic N) is 3. The molecular weight excluding hydrogens is 309 g/mol. The molecule has 6 nitrogen and oxygen atoms in total. The number of rotatable bonds is 7. The number of hydrogen-bond acceptors (Lipinski definition) is 5. The fourth-order valence-corrected chi connectivity index (χ4v) is 2.44. The summed E-state index contributed by atoms with van der Waals surface area (Å²) >= 11 is 1.57. The second kappa shape index (κ2) is 7.26. The molecule has 0 saturated carbocycles. The highest BCUT2D eigenvalue weighted by Crippen LogP contribution is 2.25. The van der Waals surface area contributed by atoms with E-state index in [1.807, 2.05) is 6.26 Å². The van der Waals surface area contributed by atoms with E-state index in [0.29, 0.717) is 23.4 Å². The lowest BCUT2D eigenvalue weighted by Gasteiger charge is -2.10. The minimum atomic E-state index is -0.956. The van der Waals surface area contributed by atoms with Crippen molar-refractivity contribution in [2.24, 2.45) is 0 Å². The topological polar surface area (TPSA) is 77.2 Å². The van der Waals surface area contributed by atoms with Crippen LogP contribution in [-0.4, -0.2) is 45.2 Å². The van der Waals surface area contributed by atoms with E-state index < -0.39 is 17.8 Å². The summed E-state index contributed by atoms with van der Waals surface area (Å²) in [7, 11) is 1.38. The van der Waals surface area contributed by atoms with Crippen LogP contribution in [0.25, 0.3) is 11.3 Å². The number of hydrogen-bond donors (Lipinski definition) is 1. The van der Waals surface area contributed by atoms with Crippen LogP contribution in [0.15, 0.2) is 24.4 Å².